The number of nitrogens with one attached hydrogen (secondary N) is 1. The second kappa shape index (κ2) is 9.07. The van der Waals surface area contributed by atoms with E-state index in [0.29, 0.717) is 32.0 Å². The van der Waals surface area contributed by atoms with Crippen LogP contribution in [0.5, 0.6) is 0 Å². The zero-order valence-corrected chi connectivity index (χ0v) is 17.3. The molecule has 0 bridgehead atoms. The van der Waals surface area contributed by atoms with Gasteiger partial charge in [0, 0.05) is 57.0 Å². The van der Waals surface area contributed by atoms with E-state index in [1.807, 2.05) is 38.1 Å². The van der Waals surface area contributed by atoms with Crippen molar-refractivity contribution in [1.82, 2.24) is 24.6 Å². The summed E-state index contributed by atoms with van der Waals surface area (Å²) in [7, 11) is 1.81. The van der Waals surface area contributed by atoms with Gasteiger partial charge in [0.2, 0.25) is 5.91 Å². The first-order chi connectivity index (χ1) is 13.9. The van der Waals surface area contributed by atoms with Gasteiger partial charge < -0.3 is 14.8 Å². The van der Waals surface area contributed by atoms with E-state index >= 15 is 0 Å². The number of likely N-dealkylation sites (tertiary alicyclic amines) is 1. The molecule has 1 fully saturated rings. The third kappa shape index (κ3) is 4.75. The van der Waals surface area contributed by atoms with E-state index in [9.17, 15) is 14.4 Å². The molecule has 0 saturated carbocycles. The Balaban J connectivity index is 1.51. The van der Waals surface area contributed by atoms with Gasteiger partial charge in [0.05, 0.1) is 0 Å². The smallest absolute Gasteiger partial charge is 0.256 e. The second-order valence-corrected chi connectivity index (χ2v) is 7.69. The number of hydrogen-bond donors (Lipinski definition) is 1. The number of piperidine rings is 1. The zero-order valence-electron chi connectivity index (χ0n) is 17.3. The Morgan fingerprint density at radius 3 is 2.66 bits per heavy atom. The quantitative estimate of drug-likeness (QED) is 0.797. The van der Waals surface area contributed by atoms with Gasteiger partial charge in [-0.2, -0.15) is 5.10 Å². The molecule has 1 aliphatic heterocycles. The van der Waals surface area contributed by atoms with Crippen molar-refractivity contribution < 1.29 is 9.59 Å². The monoisotopic (exact) mass is 399 g/mol. The molecule has 0 radical (unpaired) electrons. The summed E-state index contributed by atoms with van der Waals surface area (Å²) in [5.41, 5.74) is 0.711. The van der Waals surface area contributed by atoms with Crippen molar-refractivity contribution in [3.63, 3.8) is 0 Å². The van der Waals surface area contributed by atoms with Crippen LogP contribution in [-0.4, -0.2) is 50.7 Å². The van der Waals surface area contributed by atoms with Crippen LogP contribution in [0.25, 0.3) is 0 Å². The summed E-state index contributed by atoms with van der Waals surface area (Å²) in [5.74, 6) is 0.0535. The van der Waals surface area contributed by atoms with Crippen molar-refractivity contribution in [2.24, 2.45) is 13.0 Å². The van der Waals surface area contributed by atoms with Gasteiger partial charge in [-0.05, 0) is 38.2 Å². The maximum absolute atomic E-state index is 12.8. The van der Waals surface area contributed by atoms with Crippen LogP contribution in [0.1, 0.15) is 48.3 Å². The van der Waals surface area contributed by atoms with Crippen LogP contribution in [0.15, 0.2) is 35.5 Å². The van der Waals surface area contributed by atoms with Crippen LogP contribution in [0, 0.1) is 12.8 Å². The fourth-order valence-corrected chi connectivity index (χ4v) is 3.74. The average Bonchev–Trinajstić information content (AvgIpc) is 3.24. The summed E-state index contributed by atoms with van der Waals surface area (Å²) in [4.78, 5) is 39.2. The SMILES string of the molecule is CCC(C(=O)N1CCC(CNC(=O)c2cn(C)c(C)cc2=O)CC1)n1cccn1. The largest absolute Gasteiger partial charge is 0.354 e. The summed E-state index contributed by atoms with van der Waals surface area (Å²) in [6, 6.07) is 3.04. The Morgan fingerprint density at radius 1 is 1.31 bits per heavy atom. The normalized spacial score (nSPS) is 15.9. The number of amides is 2. The molecular weight excluding hydrogens is 370 g/mol. The van der Waals surface area contributed by atoms with Gasteiger partial charge >= 0.3 is 0 Å². The van der Waals surface area contributed by atoms with Crippen molar-refractivity contribution in [3.8, 4) is 0 Å². The van der Waals surface area contributed by atoms with Crippen molar-refractivity contribution in [3.05, 3.63) is 52.2 Å². The van der Waals surface area contributed by atoms with Gasteiger partial charge in [0.25, 0.3) is 5.91 Å². The number of carbonyl (C=O) groups is 2. The number of rotatable bonds is 6. The van der Waals surface area contributed by atoms with Gasteiger partial charge in [0.15, 0.2) is 5.43 Å². The summed E-state index contributed by atoms with van der Waals surface area (Å²) in [5, 5.41) is 7.10. The molecule has 3 heterocycles. The molecule has 29 heavy (non-hydrogen) atoms. The van der Waals surface area contributed by atoms with Gasteiger partial charge in [0.1, 0.15) is 11.6 Å². The molecule has 1 aliphatic rings. The predicted octanol–water partition coefficient (Wildman–Crippen LogP) is 1.51. The van der Waals surface area contributed by atoms with E-state index in [2.05, 4.69) is 10.4 Å². The summed E-state index contributed by atoms with van der Waals surface area (Å²) in [6.07, 6.45) is 7.44. The first-order valence-electron chi connectivity index (χ1n) is 10.1. The number of pyridine rings is 1. The molecule has 8 nitrogen and oxygen atoms in total. The lowest BCUT2D eigenvalue weighted by molar-refractivity contribution is -0.136. The molecule has 156 valence electrons. The van der Waals surface area contributed by atoms with Crippen LogP contribution < -0.4 is 10.7 Å². The van der Waals surface area contributed by atoms with Crippen LogP contribution in [0.2, 0.25) is 0 Å². The van der Waals surface area contributed by atoms with Gasteiger partial charge in [-0.25, -0.2) is 0 Å². The van der Waals surface area contributed by atoms with E-state index in [0.717, 1.165) is 18.5 Å². The third-order valence-electron chi connectivity index (χ3n) is 5.72. The highest BCUT2D eigenvalue weighted by molar-refractivity contribution is 5.93. The average molecular weight is 399 g/mol. The maximum atomic E-state index is 12.8. The Hall–Kier alpha value is -2.90. The first-order valence-corrected chi connectivity index (χ1v) is 10.1. The molecule has 0 aromatic carbocycles. The number of nitrogens with zero attached hydrogens (tertiary/aromatic N) is 4. The van der Waals surface area contributed by atoms with E-state index < -0.39 is 0 Å². The fourth-order valence-electron chi connectivity index (χ4n) is 3.74. The number of aryl methyl sites for hydroxylation is 2. The number of hydrogen-bond acceptors (Lipinski definition) is 4. The van der Waals surface area contributed by atoms with E-state index in [1.54, 1.807) is 21.6 Å². The lowest BCUT2D eigenvalue weighted by atomic mass is 9.96. The molecule has 2 amide bonds. The highest BCUT2D eigenvalue weighted by Crippen LogP contribution is 2.21. The molecule has 0 spiro atoms. The van der Waals surface area contributed by atoms with E-state index in [-0.39, 0.29) is 28.8 Å². The summed E-state index contributed by atoms with van der Waals surface area (Å²) < 4.78 is 3.49. The molecule has 1 unspecified atom stereocenters. The van der Waals surface area contributed by atoms with Crippen LogP contribution >= 0.6 is 0 Å². The molecule has 1 saturated heterocycles. The summed E-state index contributed by atoms with van der Waals surface area (Å²) >= 11 is 0. The van der Waals surface area contributed by atoms with Gasteiger partial charge in [-0.1, -0.05) is 6.92 Å². The lowest BCUT2D eigenvalue weighted by Crippen LogP contribution is -2.44. The molecule has 2 aromatic rings. The number of aromatic nitrogens is 3. The molecule has 3 rings (SSSR count). The Morgan fingerprint density at radius 2 is 2.03 bits per heavy atom. The maximum Gasteiger partial charge on any atom is 0.256 e. The van der Waals surface area contributed by atoms with Crippen molar-refractivity contribution in [2.75, 3.05) is 19.6 Å². The molecular formula is C21H29N5O3. The minimum atomic E-state index is -0.339. The molecule has 1 atom stereocenters. The predicted molar refractivity (Wildman–Crippen MR) is 110 cm³/mol. The lowest BCUT2D eigenvalue weighted by Gasteiger charge is -2.34. The van der Waals surface area contributed by atoms with Crippen molar-refractivity contribution >= 4 is 11.8 Å². The minimum Gasteiger partial charge on any atom is -0.354 e. The third-order valence-corrected chi connectivity index (χ3v) is 5.72. The Kier molecular flexibility index (Phi) is 6.51. The van der Waals surface area contributed by atoms with Crippen molar-refractivity contribution in [2.45, 2.75) is 39.2 Å². The van der Waals surface area contributed by atoms with Crippen molar-refractivity contribution in [1.29, 1.82) is 0 Å². The highest BCUT2D eigenvalue weighted by Gasteiger charge is 2.28. The van der Waals surface area contributed by atoms with Crippen LogP contribution in [0.3, 0.4) is 0 Å². The Bertz CT molecular complexity index is 911. The standard InChI is InChI=1S/C21H29N5O3/c1-4-18(26-9-5-8-23-26)21(29)25-10-6-16(7-11-25)13-22-20(28)17-14-24(3)15(2)12-19(17)27/h5,8-9,12,14,16,18H,4,6-7,10-11,13H2,1-3H3,(H,22,28). The van der Waals surface area contributed by atoms with E-state index in [1.165, 1.54) is 6.07 Å². The molecule has 8 heteroatoms. The molecule has 2 aromatic heterocycles. The van der Waals surface area contributed by atoms with Gasteiger partial charge in [-0.3, -0.25) is 19.1 Å². The first kappa shape index (κ1) is 20.8. The van der Waals surface area contributed by atoms with Gasteiger partial charge in [-0.15, -0.1) is 0 Å². The summed E-state index contributed by atoms with van der Waals surface area (Å²) in [6.45, 7) is 5.66. The molecule has 1 N–H and O–H groups in total. The highest BCUT2D eigenvalue weighted by atomic mass is 16.2. The zero-order chi connectivity index (χ0) is 21.0. The molecule has 0 aliphatic carbocycles. The number of carbonyl (C=O) groups excluding carboxylic acids is 2. The Labute approximate surface area is 170 Å². The fraction of sp³-hybridized carbons (Fsp3) is 0.524. The van der Waals surface area contributed by atoms with Crippen LogP contribution in [0.4, 0.5) is 0 Å². The van der Waals surface area contributed by atoms with Crippen LogP contribution in [-0.2, 0) is 11.8 Å². The minimum absolute atomic E-state index is 0.0989. The second-order valence-electron chi connectivity index (χ2n) is 7.69. The topological polar surface area (TPSA) is 89.2 Å². The van der Waals surface area contributed by atoms with E-state index in [4.69, 9.17) is 0 Å².